The van der Waals surface area contributed by atoms with Crippen LogP contribution in [0.1, 0.15) is 51.6 Å². The Bertz CT molecular complexity index is 686. The van der Waals surface area contributed by atoms with E-state index in [1.807, 2.05) is 0 Å². The van der Waals surface area contributed by atoms with Gasteiger partial charge in [-0.3, -0.25) is 9.59 Å². The predicted molar refractivity (Wildman–Crippen MR) is 76.8 cm³/mol. The third kappa shape index (κ3) is 1.80. The monoisotopic (exact) mass is 309 g/mol. The Morgan fingerprint density at radius 2 is 2.10 bits per heavy atom. The van der Waals surface area contributed by atoms with Crippen LogP contribution in [-0.2, 0) is 17.7 Å². The second-order valence-electron chi connectivity index (χ2n) is 5.30. The lowest BCUT2D eigenvalue weighted by molar-refractivity contribution is 0.0901. The number of aliphatic hydroxyl groups excluding tert-OH is 1. The number of fused-ring (bicyclic) bond motifs is 3. The molecule has 2 heterocycles. The second-order valence-corrected chi connectivity index (χ2v) is 5.68. The summed E-state index contributed by atoms with van der Waals surface area (Å²) in [6, 6.07) is 0. The predicted octanol–water partition coefficient (Wildman–Crippen LogP) is 2.01. The lowest BCUT2D eigenvalue weighted by Gasteiger charge is -2.17. The Kier molecular flexibility index (Phi) is 3.42. The van der Waals surface area contributed by atoms with Crippen LogP contribution in [0, 0.1) is 0 Å². The van der Waals surface area contributed by atoms with Crippen molar-refractivity contribution in [2.24, 2.45) is 0 Å². The molecule has 0 amide bonds. The first-order valence-corrected chi connectivity index (χ1v) is 7.39. The summed E-state index contributed by atoms with van der Waals surface area (Å²) in [5.41, 5.74) is 2.40. The van der Waals surface area contributed by atoms with Crippen molar-refractivity contribution in [3.63, 3.8) is 0 Å². The standard InChI is InChI=1S/C15H16ClNO4/c1-7-13(19)12-10(14(20)15(7)21-2)8(3-5-16)11-9(18)4-6-17(11)12/h9,18H,3-6H2,1-2H3. The third-order valence-electron chi connectivity index (χ3n) is 4.23. The molecule has 0 radical (unpaired) electrons. The van der Waals surface area contributed by atoms with Crippen LogP contribution in [0.5, 0.6) is 0 Å². The summed E-state index contributed by atoms with van der Waals surface area (Å²) >= 11 is 5.84. The molecule has 1 unspecified atom stereocenters. The van der Waals surface area contributed by atoms with Crippen molar-refractivity contribution >= 4 is 23.2 Å². The van der Waals surface area contributed by atoms with Crippen LogP contribution in [0.15, 0.2) is 11.3 Å². The molecule has 0 fully saturated rings. The smallest absolute Gasteiger partial charge is 0.230 e. The highest BCUT2D eigenvalue weighted by Crippen LogP contribution is 2.40. The Morgan fingerprint density at radius 3 is 2.71 bits per heavy atom. The summed E-state index contributed by atoms with van der Waals surface area (Å²) in [5.74, 6) is -0.0960. The summed E-state index contributed by atoms with van der Waals surface area (Å²) in [6.45, 7) is 2.13. The Balaban J connectivity index is 2.30. The number of methoxy groups -OCH3 is 1. The van der Waals surface area contributed by atoms with E-state index < -0.39 is 6.10 Å². The molecule has 112 valence electrons. The molecular formula is C15H16ClNO4. The van der Waals surface area contributed by atoms with Crippen LogP contribution in [0.25, 0.3) is 0 Å². The fraction of sp³-hybridized carbons (Fsp3) is 0.467. The molecule has 0 saturated heterocycles. The molecule has 0 saturated carbocycles. The lowest BCUT2D eigenvalue weighted by Crippen LogP contribution is -2.24. The van der Waals surface area contributed by atoms with E-state index in [4.69, 9.17) is 16.3 Å². The van der Waals surface area contributed by atoms with Crippen molar-refractivity contribution in [2.75, 3.05) is 13.0 Å². The number of aromatic nitrogens is 1. The van der Waals surface area contributed by atoms with E-state index >= 15 is 0 Å². The molecule has 0 bridgehead atoms. The zero-order valence-corrected chi connectivity index (χ0v) is 12.7. The molecule has 0 aromatic carbocycles. The van der Waals surface area contributed by atoms with Crippen LogP contribution in [0.3, 0.4) is 0 Å². The number of allylic oxidation sites excluding steroid dienone is 2. The average molecular weight is 310 g/mol. The quantitative estimate of drug-likeness (QED) is 0.867. The maximum absolute atomic E-state index is 12.6. The molecule has 5 nitrogen and oxygen atoms in total. The highest BCUT2D eigenvalue weighted by atomic mass is 35.5. The summed E-state index contributed by atoms with van der Waals surface area (Å²) in [4.78, 5) is 25.2. The maximum atomic E-state index is 12.6. The summed E-state index contributed by atoms with van der Waals surface area (Å²) in [5, 5.41) is 10.2. The van der Waals surface area contributed by atoms with Gasteiger partial charge < -0.3 is 14.4 Å². The minimum absolute atomic E-state index is 0.0853. The van der Waals surface area contributed by atoms with Gasteiger partial charge in [0, 0.05) is 18.0 Å². The molecule has 2 aliphatic rings. The van der Waals surface area contributed by atoms with Crippen LogP contribution >= 0.6 is 11.6 Å². The second kappa shape index (κ2) is 5.00. The fourth-order valence-electron chi connectivity index (χ4n) is 3.33. The molecule has 1 aromatic heterocycles. The molecule has 1 atom stereocenters. The molecule has 3 rings (SSSR count). The van der Waals surface area contributed by atoms with Crippen molar-refractivity contribution in [1.29, 1.82) is 0 Å². The highest BCUT2D eigenvalue weighted by molar-refractivity contribution is 6.26. The molecule has 0 spiro atoms. The van der Waals surface area contributed by atoms with E-state index in [2.05, 4.69) is 0 Å². The fourth-order valence-corrected chi connectivity index (χ4v) is 3.52. The minimum atomic E-state index is -0.652. The number of hydrogen-bond donors (Lipinski definition) is 1. The lowest BCUT2D eigenvalue weighted by atomic mass is 9.90. The first-order chi connectivity index (χ1) is 10.0. The van der Waals surface area contributed by atoms with Gasteiger partial charge in [0.05, 0.1) is 24.5 Å². The summed E-state index contributed by atoms with van der Waals surface area (Å²) in [7, 11) is 1.38. The van der Waals surface area contributed by atoms with Crippen LogP contribution in [0.4, 0.5) is 0 Å². The van der Waals surface area contributed by atoms with Crippen molar-refractivity contribution in [2.45, 2.75) is 32.4 Å². The third-order valence-corrected chi connectivity index (χ3v) is 4.42. The Labute approximate surface area is 127 Å². The molecule has 1 aliphatic carbocycles. The number of carbonyl (C=O) groups excluding carboxylic acids is 2. The molecule has 6 heteroatoms. The Hall–Kier alpha value is -1.59. The molecular weight excluding hydrogens is 294 g/mol. The zero-order chi connectivity index (χ0) is 15.3. The first kappa shape index (κ1) is 14.4. The van der Waals surface area contributed by atoms with E-state index in [0.717, 1.165) is 0 Å². The number of aliphatic hydroxyl groups is 1. The van der Waals surface area contributed by atoms with Gasteiger partial charge in [-0.15, -0.1) is 11.6 Å². The van der Waals surface area contributed by atoms with Gasteiger partial charge in [-0.2, -0.15) is 0 Å². The number of halogens is 1. The van der Waals surface area contributed by atoms with Gasteiger partial charge in [-0.25, -0.2) is 0 Å². The average Bonchev–Trinajstić information content (AvgIpc) is 2.97. The number of hydrogen-bond acceptors (Lipinski definition) is 4. The number of carbonyl (C=O) groups is 2. The van der Waals surface area contributed by atoms with E-state index in [0.29, 0.717) is 53.4 Å². The van der Waals surface area contributed by atoms with Gasteiger partial charge in [0.2, 0.25) is 11.6 Å². The van der Waals surface area contributed by atoms with Gasteiger partial charge in [-0.1, -0.05) is 0 Å². The van der Waals surface area contributed by atoms with Crippen molar-refractivity contribution in [3.8, 4) is 0 Å². The number of nitrogens with zero attached hydrogens (tertiary/aromatic N) is 1. The van der Waals surface area contributed by atoms with Gasteiger partial charge in [0.15, 0.2) is 5.76 Å². The van der Waals surface area contributed by atoms with E-state index in [1.165, 1.54) is 7.11 Å². The van der Waals surface area contributed by atoms with Gasteiger partial charge >= 0.3 is 0 Å². The van der Waals surface area contributed by atoms with E-state index in [1.54, 1.807) is 11.5 Å². The number of ether oxygens (including phenoxy) is 1. The van der Waals surface area contributed by atoms with Crippen LogP contribution in [0.2, 0.25) is 0 Å². The number of alkyl halides is 1. The highest BCUT2D eigenvalue weighted by Gasteiger charge is 2.41. The van der Waals surface area contributed by atoms with Crippen molar-refractivity contribution in [3.05, 3.63) is 33.8 Å². The summed E-state index contributed by atoms with van der Waals surface area (Å²) in [6.07, 6.45) is 0.346. The normalized spacial score (nSPS) is 20.9. The molecule has 1 N–H and O–H groups in total. The maximum Gasteiger partial charge on any atom is 0.230 e. The number of ketones is 2. The van der Waals surface area contributed by atoms with Gasteiger partial charge in [0.1, 0.15) is 5.69 Å². The first-order valence-electron chi connectivity index (χ1n) is 6.86. The minimum Gasteiger partial charge on any atom is -0.492 e. The summed E-state index contributed by atoms with van der Waals surface area (Å²) < 4.78 is 6.88. The van der Waals surface area contributed by atoms with Crippen LogP contribution < -0.4 is 0 Å². The van der Waals surface area contributed by atoms with Crippen molar-refractivity contribution in [1.82, 2.24) is 4.57 Å². The largest absolute Gasteiger partial charge is 0.492 e. The number of Topliss-reactive ketones (excluding diaryl/α,β-unsaturated/α-hetero) is 2. The van der Waals surface area contributed by atoms with Gasteiger partial charge in [0.25, 0.3) is 0 Å². The zero-order valence-electron chi connectivity index (χ0n) is 11.9. The van der Waals surface area contributed by atoms with Crippen LogP contribution in [-0.4, -0.2) is 34.2 Å². The van der Waals surface area contributed by atoms with Crippen molar-refractivity contribution < 1.29 is 19.4 Å². The molecule has 1 aromatic rings. The van der Waals surface area contributed by atoms with E-state index in [-0.39, 0.29) is 17.3 Å². The SMILES string of the molecule is COC1=C(C)C(=O)c2c(c(CCCl)c3n2CCC3O)C1=O. The Morgan fingerprint density at radius 1 is 1.38 bits per heavy atom. The van der Waals surface area contributed by atoms with Gasteiger partial charge in [-0.05, 0) is 25.3 Å². The number of rotatable bonds is 3. The topological polar surface area (TPSA) is 68.5 Å². The van der Waals surface area contributed by atoms with E-state index in [9.17, 15) is 14.7 Å². The molecule has 21 heavy (non-hydrogen) atoms. The molecule has 1 aliphatic heterocycles.